The van der Waals surface area contributed by atoms with Gasteiger partial charge in [0.1, 0.15) is 0 Å². The predicted octanol–water partition coefficient (Wildman–Crippen LogP) is 1.39. The Morgan fingerprint density at radius 2 is 2.41 bits per heavy atom. The molecule has 1 aliphatic heterocycles. The molecule has 0 radical (unpaired) electrons. The molecule has 1 N–H and O–H groups in total. The summed E-state index contributed by atoms with van der Waals surface area (Å²) in [6.45, 7) is 3.42. The Morgan fingerprint density at radius 3 is 3.06 bits per heavy atom. The van der Waals surface area contributed by atoms with Gasteiger partial charge in [0, 0.05) is 44.3 Å². The summed E-state index contributed by atoms with van der Waals surface area (Å²) >= 11 is 1.80. The molecule has 2 rings (SSSR count). The third-order valence-electron chi connectivity index (χ3n) is 3.22. The standard InChI is InChI=1S/C12H22N4S/c1-13-10-5-4-6-16(8-10)9-11-7-14-12(17-11)15(2)3/h7,10,13H,4-6,8-9H2,1-3H3. The molecule has 2 heterocycles. The minimum absolute atomic E-state index is 0.657. The van der Waals surface area contributed by atoms with Gasteiger partial charge in [-0.3, -0.25) is 4.90 Å². The average Bonchev–Trinajstić information content (AvgIpc) is 2.78. The Morgan fingerprint density at radius 1 is 1.59 bits per heavy atom. The molecule has 0 aliphatic carbocycles. The van der Waals surface area contributed by atoms with Crippen LogP contribution in [0, 0.1) is 0 Å². The predicted molar refractivity (Wildman–Crippen MR) is 73.8 cm³/mol. The molecule has 0 spiro atoms. The summed E-state index contributed by atoms with van der Waals surface area (Å²) in [7, 11) is 6.14. The second-order valence-electron chi connectivity index (χ2n) is 4.87. The quantitative estimate of drug-likeness (QED) is 0.880. The molecule has 1 saturated heterocycles. The highest BCUT2D eigenvalue weighted by Gasteiger charge is 2.19. The highest BCUT2D eigenvalue weighted by Crippen LogP contribution is 2.23. The topological polar surface area (TPSA) is 31.4 Å². The summed E-state index contributed by atoms with van der Waals surface area (Å²) in [6, 6.07) is 0.657. The fraction of sp³-hybridized carbons (Fsp3) is 0.750. The van der Waals surface area contributed by atoms with Crippen molar-refractivity contribution >= 4 is 16.5 Å². The molecule has 1 atom stereocenters. The maximum absolute atomic E-state index is 4.42. The largest absolute Gasteiger partial charge is 0.354 e. The SMILES string of the molecule is CNC1CCCN(Cc2cnc(N(C)C)s2)C1. The summed E-state index contributed by atoms with van der Waals surface area (Å²) in [4.78, 5) is 10.4. The Labute approximate surface area is 108 Å². The zero-order valence-corrected chi connectivity index (χ0v) is 11.8. The van der Waals surface area contributed by atoms with Gasteiger partial charge in [-0.1, -0.05) is 0 Å². The van der Waals surface area contributed by atoms with Crippen molar-refractivity contribution in [2.45, 2.75) is 25.4 Å². The minimum Gasteiger partial charge on any atom is -0.354 e. The molecule has 1 unspecified atom stereocenters. The van der Waals surface area contributed by atoms with Crippen molar-refractivity contribution in [2.24, 2.45) is 0 Å². The monoisotopic (exact) mass is 254 g/mol. The number of nitrogens with zero attached hydrogens (tertiary/aromatic N) is 3. The highest BCUT2D eigenvalue weighted by molar-refractivity contribution is 7.15. The van der Waals surface area contributed by atoms with Gasteiger partial charge in [0.15, 0.2) is 5.13 Å². The molecule has 4 nitrogen and oxygen atoms in total. The summed E-state index contributed by atoms with van der Waals surface area (Å²) < 4.78 is 0. The number of likely N-dealkylation sites (N-methyl/N-ethyl adjacent to an activating group) is 1. The van der Waals surface area contributed by atoms with E-state index in [0.29, 0.717) is 6.04 Å². The normalized spacial score (nSPS) is 21.7. The number of hydrogen-bond donors (Lipinski definition) is 1. The van der Waals surface area contributed by atoms with E-state index in [1.807, 2.05) is 20.3 Å². The molecular formula is C12H22N4S. The molecular weight excluding hydrogens is 232 g/mol. The molecule has 0 bridgehead atoms. The van der Waals surface area contributed by atoms with Crippen LogP contribution in [0.25, 0.3) is 0 Å². The van der Waals surface area contributed by atoms with Crippen LogP contribution in [-0.2, 0) is 6.54 Å². The zero-order valence-electron chi connectivity index (χ0n) is 10.9. The fourth-order valence-electron chi connectivity index (χ4n) is 2.23. The van der Waals surface area contributed by atoms with Gasteiger partial charge in [-0.2, -0.15) is 0 Å². The van der Waals surface area contributed by atoms with Gasteiger partial charge < -0.3 is 10.2 Å². The summed E-state index contributed by atoms with van der Waals surface area (Å²) in [5.41, 5.74) is 0. The molecule has 96 valence electrons. The average molecular weight is 254 g/mol. The Kier molecular flexibility index (Phi) is 4.36. The van der Waals surface area contributed by atoms with Gasteiger partial charge in [-0.25, -0.2) is 4.98 Å². The summed E-state index contributed by atoms with van der Waals surface area (Å²) in [5.74, 6) is 0. The number of piperidine rings is 1. The van der Waals surface area contributed by atoms with E-state index in [4.69, 9.17) is 0 Å². The van der Waals surface area contributed by atoms with Gasteiger partial charge in [-0.15, -0.1) is 11.3 Å². The molecule has 0 amide bonds. The molecule has 5 heteroatoms. The summed E-state index contributed by atoms with van der Waals surface area (Å²) in [6.07, 6.45) is 4.62. The van der Waals surface area contributed by atoms with Crippen molar-refractivity contribution in [3.8, 4) is 0 Å². The Hall–Kier alpha value is -0.650. The van der Waals surface area contributed by atoms with Gasteiger partial charge in [-0.05, 0) is 26.4 Å². The lowest BCUT2D eigenvalue weighted by Gasteiger charge is -2.32. The highest BCUT2D eigenvalue weighted by atomic mass is 32.1. The first-order valence-corrected chi connectivity index (χ1v) is 7.02. The van der Waals surface area contributed by atoms with Crippen LogP contribution in [0.4, 0.5) is 5.13 Å². The Balaban J connectivity index is 1.91. The summed E-state index contributed by atoms with van der Waals surface area (Å²) in [5, 5.41) is 4.48. The first-order chi connectivity index (χ1) is 8.19. The molecule has 1 aliphatic rings. The van der Waals surface area contributed by atoms with Crippen LogP contribution in [0.5, 0.6) is 0 Å². The van der Waals surface area contributed by atoms with Crippen molar-refractivity contribution in [3.63, 3.8) is 0 Å². The number of hydrogen-bond acceptors (Lipinski definition) is 5. The number of nitrogens with one attached hydrogen (secondary N) is 1. The van der Waals surface area contributed by atoms with E-state index in [1.54, 1.807) is 11.3 Å². The maximum Gasteiger partial charge on any atom is 0.185 e. The van der Waals surface area contributed by atoms with E-state index in [9.17, 15) is 0 Å². The first-order valence-electron chi connectivity index (χ1n) is 6.20. The van der Waals surface area contributed by atoms with E-state index < -0.39 is 0 Å². The van der Waals surface area contributed by atoms with Gasteiger partial charge in [0.25, 0.3) is 0 Å². The number of anilines is 1. The van der Waals surface area contributed by atoms with E-state index in [1.165, 1.54) is 24.3 Å². The van der Waals surface area contributed by atoms with E-state index in [2.05, 4.69) is 27.1 Å². The van der Waals surface area contributed by atoms with Crippen molar-refractivity contribution in [1.29, 1.82) is 0 Å². The lowest BCUT2D eigenvalue weighted by molar-refractivity contribution is 0.189. The van der Waals surface area contributed by atoms with Crippen LogP contribution in [0.2, 0.25) is 0 Å². The van der Waals surface area contributed by atoms with Crippen molar-refractivity contribution in [1.82, 2.24) is 15.2 Å². The van der Waals surface area contributed by atoms with Gasteiger partial charge in [0.2, 0.25) is 0 Å². The van der Waals surface area contributed by atoms with Crippen LogP contribution in [0.3, 0.4) is 0 Å². The third-order valence-corrected chi connectivity index (χ3v) is 4.37. The van der Waals surface area contributed by atoms with Gasteiger partial charge >= 0.3 is 0 Å². The number of thiazole rings is 1. The smallest absolute Gasteiger partial charge is 0.185 e. The molecule has 0 saturated carbocycles. The van der Waals surface area contributed by atoms with Crippen molar-refractivity contribution < 1.29 is 0 Å². The second-order valence-corrected chi connectivity index (χ2v) is 5.96. The number of aromatic nitrogens is 1. The van der Waals surface area contributed by atoms with Crippen LogP contribution >= 0.6 is 11.3 Å². The van der Waals surface area contributed by atoms with Crippen LogP contribution < -0.4 is 10.2 Å². The lowest BCUT2D eigenvalue weighted by atomic mass is 10.1. The van der Waals surface area contributed by atoms with Gasteiger partial charge in [0.05, 0.1) is 0 Å². The van der Waals surface area contributed by atoms with Crippen LogP contribution in [0.15, 0.2) is 6.20 Å². The zero-order chi connectivity index (χ0) is 12.3. The van der Waals surface area contributed by atoms with Crippen molar-refractivity contribution in [2.75, 3.05) is 39.1 Å². The van der Waals surface area contributed by atoms with E-state index in [0.717, 1.165) is 18.2 Å². The number of likely N-dealkylation sites (tertiary alicyclic amines) is 1. The van der Waals surface area contributed by atoms with Crippen LogP contribution in [0.1, 0.15) is 17.7 Å². The molecule has 1 fully saturated rings. The van der Waals surface area contributed by atoms with E-state index >= 15 is 0 Å². The first kappa shape index (κ1) is 12.8. The maximum atomic E-state index is 4.42. The Bertz CT molecular complexity index is 350. The lowest BCUT2D eigenvalue weighted by Crippen LogP contribution is -2.43. The number of rotatable bonds is 4. The second kappa shape index (κ2) is 5.80. The molecule has 1 aromatic heterocycles. The van der Waals surface area contributed by atoms with Crippen LogP contribution in [-0.4, -0.2) is 50.2 Å². The molecule has 1 aromatic rings. The van der Waals surface area contributed by atoms with E-state index in [-0.39, 0.29) is 0 Å². The molecule has 17 heavy (non-hydrogen) atoms. The minimum atomic E-state index is 0.657. The third kappa shape index (κ3) is 3.40. The fourth-order valence-corrected chi connectivity index (χ4v) is 3.11. The van der Waals surface area contributed by atoms with Crippen molar-refractivity contribution in [3.05, 3.63) is 11.1 Å². The molecule has 0 aromatic carbocycles.